The summed E-state index contributed by atoms with van der Waals surface area (Å²) in [4.78, 5) is 4.49. The summed E-state index contributed by atoms with van der Waals surface area (Å²) in [6.45, 7) is 2.04. The van der Waals surface area contributed by atoms with Gasteiger partial charge in [-0.1, -0.05) is 0 Å². The molecule has 0 amide bonds. The number of ether oxygens (including phenoxy) is 1. The molecule has 2 nitrogen and oxygen atoms in total. The zero-order valence-electron chi connectivity index (χ0n) is 9.40. The van der Waals surface area contributed by atoms with Crippen LogP contribution in [-0.2, 0) is 0 Å². The third-order valence-corrected chi connectivity index (χ3v) is 3.18. The summed E-state index contributed by atoms with van der Waals surface area (Å²) in [6.07, 6.45) is 0. The second-order valence-electron chi connectivity index (χ2n) is 3.60. The van der Waals surface area contributed by atoms with E-state index in [9.17, 15) is 0 Å². The van der Waals surface area contributed by atoms with Gasteiger partial charge in [-0.2, -0.15) is 0 Å². The van der Waals surface area contributed by atoms with E-state index in [1.165, 1.54) is 11.1 Å². The van der Waals surface area contributed by atoms with Crippen molar-refractivity contribution in [3.05, 3.63) is 42.1 Å². The van der Waals surface area contributed by atoms with Crippen molar-refractivity contribution in [2.75, 3.05) is 7.11 Å². The quantitative estimate of drug-likeness (QED) is 0.771. The Labute approximate surface area is 104 Å². The number of nitrogens with zero attached hydrogens (tertiary/aromatic N) is 1. The van der Waals surface area contributed by atoms with Crippen LogP contribution in [0.1, 0.15) is 5.69 Å². The number of hydrogen-bond donors (Lipinski definition) is 0. The van der Waals surface area contributed by atoms with Gasteiger partial charge in [0.15, 0.2) is 0 Å². The van der Waals surface area contributed by atoms with Gasteiger partial charge in [0.25, 0.3) is 0 Å². The van der Waals surface area contributed by atoms with Crippen LogP contribution in [0.25, 0.3) is 11.1 Å². The molecule has 0 saturated carbocycles. The molecule has 0 aliphatic rings. The SMILES string of the molecule is COc1ccc(-c2ccc([AsH2])nc2C)cc1. The van der Waals surface area contributed by atoms with Gasteiger partial charge in [0.05, 0.1) is 0 Å². The van der Waals surface area contributed by atoms with Gasteiger partial charge in [0.2, 0.25) is 0 Å². The van der Waals surface area contributed by atoms with Crippen molar-refractivity contribution in [3.8, 4) is 16.9 Å². The predicted octanol–water partition coefficient (Wildman–Crippen LogP) is 1.32. The molecule has 1 heterocycles. The Morgan fingerprint density at radius 2 is 1.75 bits per heavy atom. The Morgan fingerprint density at radius 1 is 1.06 bits per heavy atom. The molecule has 0 aliphatic heterocycles. The topological polar surface area (TPSA) is 22.1 Å². The molecule has 3 heteroatoms. The van der Waals surface area contributed by atoms with E-state index in [2.05, 4.69) is 29.2 Å². The first-order valence-corrected chi connectivity index (χ1v) is 6.29. The zero-order valence-corrected chi connectivity index (χ0v) is 11.8. The van der Waals surface area contributed by atoms with E-state index in [1.54, 1.807) is 24.0 Å². The average molecular weight is 275 g/mol. The summed E-state index contributed by atoms with van der Waals surface area (Å²) in [5, 5.41) is 0. The summed E-state index contributed by atoms with van der Waals surface area (Å²) >= 11 is 1.55. The minimum atomic E-state index is 0.879. The van der Waals surface area contributed by atoms with Gasteiger partial charge in [-0.15, -0.1) is 0 Å². The Balaban J connectivity index is 2.42. The summed E-state index contributed by atoms with van der Waals surface area (Å²) in [6, 6.07) is 12.2. The van der Waals surface area contributed by atoms with Crippen molar-refractivity contribution >= 4 is 21.3 Å². The number of aryl methyl sites for hydroxylation is 1. The molecule has 0 fully saturated rings. The molecule has 0 bridgehead atoms. The first-order valence-electron chi connectivity index (χ1n) is 5.08. The zero-order chi connectivity index (χ0) is 11.5. The van der Waals surface area contributed by atoms with Gasteiger partial charge in [0, 0.05) is 0 Å². The van der Waals surface area contributed by atoms with E-state index >= 15 is 0 Å². The summed E-state index contributed by atoms with van der Waals surface area (Å²) in [5.41, 5.74) is 3.44. The van der Waals surface area contributed by atoms with E-state index in [-0.39, 0.29) is 0 Å². The molecule has 1 aromatic heterocycles. The molecule has 0 aliphatic carbocycles. The molecular weight excluding hydrogens is 261 g/mol. The molecular formula is C13H14AsNO. The fourth-order valence-corrected chi connectivity index (χ4v) is 2.26. The van der Waals surface area contributed by atoms with E-state index in [0.29, 0.717) is 0 Å². The Kier molecular flexibility index (Phi) is 3.30. The van der Waals surface area contributed by atoms with E-state index in [4.69, 9.17) is 4.74 Å². The first kappa shape index (κ1) is 11.2. The van der Waals surface area contributed by atoms with Crippen molar-refractivity contribution in [2.45, 2.75) is 6.92 Å². The van der Waals surface area contributed by atoms with Crippen LogP contribution in [0.4, 0.5) is 0 Å². The summed E-state index contributed by atoms with van der Waals surface area (Å²) in [7, 11) is 1.68. The monoisotopic (exact) mass is 275 g/mol. The van der Waals surface area contributed by atoms with Gasteiger partial charge in [-0.05, 0) is 0 Å². The number of methoxy groups -OCH3 is 1. The van der Waals surface area contributed by atoms with Gasteiger partial charge in [-0.25, -0.2) is 0 Å². The van der Waals surface area contributed by atoms with E-state index in [0.717, 1.165) is 15.9 Å². The second kappa shape index (κ2) is 4.71. The van der Waals surface area contributed by atoms with Crippen LogP contribution >= 0.6 is 0 Å². The van der Waals surface area contributed by atoms with Crippen molar-refractivity contribution in [1.82, 2.24) is 4.98 Å². The van der Waals surface area contributed by atoms with Gasteiger partial charge < -0.3 is 0 Å². The molecule has 0 radical (unpaired) electrons. The van der Waals surface area contributed by atoms with Crippen molar-refractivity contribution in [3.63, 3.8) is 0 Å². The Morgan fingerprint density at radius 3 is 2.31 bits per heavy atom. The number of pyridine rings is 1. The molecule has 2 rings (SSSR count). The van der Waals surface area contributed by atoms with E-state index in [1.807, 2.05) is 19.1 Å². The van der Waals surface area contributed by atoms with Crippen LogP contribution in [0.3, 0.4) is 0 Å². The van der Waals surface area contributed by atoms with Crippen LogP contribution in [-0.4, -0.2) is 28.9 Å². The number of aromatic nitrogens is 1. The first-order chi connectivity index (χ1) is 7.70. The van der Waals surface area contributed by atoms with Gasteiger partial charge in [0.1, 0.15) is 0 Å². The van der Waals surface area contributed by atoms with Crippen molar-refractivity contribution in [1.29, 1.82) is 0 Å². The normalized spacial score (nSPS) is 10.2. The van der Waals surface area contributed by atoms with Crippen LogP contribution in [0.5, 0.6) is 5.75 Å². The predicted molar refractivity (Wildman–Crippen MR) is 69.1 cm³/mol. The van der Waals surface area contributed by atoms with Crippen LogP contribution in [0, 0.1) is 6.92 Å². The van der Waals surface area contributed by atoms with Crippen LogP contribution in [0.2, 0.25) is 0 Å². The molecule has 0 N–H and O–H groups in total. The molecule has 16 heavy (non-hydrogen) atoms. The number of benzene rings is 1. The second-order valence-corrected chi connectivity index (χ2v) is 4.84. The Bertz CT molecular complexity index is 494. The maximum atomic E-state index is 5.14. The molecule has 1 atom stereocenters. The van der Waals surface area contributed by atoms with E-state index < -0.39 is 0 Å². The minimum absolute atomic E-state index is 0.879. The molecule has 1 unspecified atom stereocenters. The third kappa shape index (κ3) is 2.28. The third-order valence-electron chi connectivity index (χ3n) is 2.51. The molecule has 1 aromatic carbocycles. The fourth-order valence-electron chi connectivity index (χ4n) is 1.66. The number of hydrogen-bond acceptors (Lipinski definition) is 2. The summed E-state index contributed by atoms with van der Waals surface area (Å²) in [5.74, 6) is 0.879. The fraction of sp³-hybridized carbons (Fsp3) is 0.154. The van der Waals surface area contributed by atoms with Gasteiger partial charge >= 0.3 is 104 Å². The molecule has 0 saturated heterocycles. The average Bonchev–Trinajstić information content (AvgIpc) is 2.29. The molecule has 2 aromatic rings. The maximum absolute atomic E-state index is 5.14. The number of rotatable bonds is 2. The van der Waals surface area contributed by atoms with Crippen molar-refractivity contribution < 1.29 is 4.74 Å². The van der Waals surface area contributed by atoms with Crippen LogP contribution in [0.15, 0.2) is 36.4 Å². The summed E-state index contributed by atoms with van der Waals surface area (Å²) < 4.78 is 6.25. The standard InChI is InChI=1S/C13H14AsNO/c1-9-12(7-8-13(14)15-9)10-3-5-11(16-2)6-4-10/h3-8H,14H2,1-2H3. The Hall–Kier alpha value is -1.27. The van der Waals surface area contributed by atoms with Crippen molar-refractivity contribution in [2.24, 2.45) is 0 Å². The molecule has 0 spiro atoms. The van der Waals surface area contributed by atoms with Crippen LogP contribution < -0.4 is 9.22 Å². The van der Waals surface area contributed by atoms with Gasteiger partial charge in [-0.3, -0.25) is 0 Å². The molecule has 82 valence electrons.